The Balaban J connectivity index is 1.90. The third-order valence-electron chi connectivity index (χ3n) is 3.99. The van der Waals surface area contributed by atoms with Crippen molar-refractivity contribution in [1.82, 2.24) is 0 Å². The Morgan fingerprint density at radius 1 is 0.880 bits per heavy atom. The molecule has 0 saturated carbocycles. The highest BCUT2D eigenvalue weighted by Crippen LogP contribution is 2.33. The SMILES string of the molecule is COc1ccc(-c2ccccc2OCc2ccccc2)cc1CC#N. The number of hydrogen-bond acceptors (Lipinski definition) is 3. The molecule has 0 fully saturated rings. The van der Waals surface area contributed by atoms with Crippen LogP contribution in [0, 0.1) is 11.3 Å². The van der Waals surface area contributed by atoms with Crippen molar-refractivity contribution in [3.63, 3.8) is 0 Å². The lowest BCUT2D eigenvalue weighted by molar-refractivity contribution is 0.307. The molecule has 0 N–H and O–H groups in total. The Kier molecular flexibility index (Phi) is 5.33. The van der Waals surface area contributed by atoms with E-state index in [-0.39, 0.29) is 0 Å². The van der Waals surface area contributed by atoms with E-state index >= 15 is 0 Å². The molecular formula is C22H19NO2. The van der Waals surface area contributed by atoms with Crippen LogP contribution in [0.25, 0.3) is 11.1 Å². The van der Waals surface area contributed by atoms with Crippen molar-refractivity contribution in [1.29, 1.82) is 5.26 Å². The van der Waals surface area contributed by atoms with Crippen LogP contribution in [0.3, 0.4) is 0 Å². The zero-order valence-corrected chi connectivity index (χ0v) is 14.1. The van der Waals surface area contributed by atoms with Gasteiger partial charge in [0.15, 0.2) is 0 Å². The van der Waals surface area contributed by atoms with E-state index in [1.165, 1.54) is 0 Å². The Morgan fingerprint density at radius 2 is 1.64 bits per heavy atom. The minimum atomic E-state index is 0.310. The van der Waals surface area contributed by atoms with Crippen LogP contribution >= 0.6 is 0 Å². The second-order valence-corrected chi connectivity index (χ2v) is 5.63. The van der Waals surface area contributed by atoms with Gasteiger partial charge in [0.2, 0.25) is 0 Å². The third-order valence-corrected chi connectivity index (χ3v) is 3.99. The molecule has 0 heterocycles. The molecule has 0 atom stereocenters. The number of para-hydroxylation sites is 1. The fourth-order valence-electron chi connectivity index (χ4n) is 2.74. The average Bonchev–Trinajstić information content (AvgIpc) is 2.68. The normalized spacial score (nSPS) is 10.1. The van der Waals surface area contributed by atoms with Crippen molar-refractivity contribution in [2.24, 2.45) is 0 Å². The third kappa shape index (κ3) is 3.99. The summed E-state index contributed by atoms with van der Waals surface area (Å²) in [6.07, 6.45) is 0.310. The van der Waals surface area contributed by atoms with Crippen LogP contribution in [0.4, 0.5) is 0 Å². The molecule has 0 aliphatic rings. The molecule has 25 heavy (non-hydrogen) atoms. The van der Waals surface area contributed by atoms with E-state index < -0.39 is 0 Å². The zero-order valence-electron chi connectivity index (χ0n) is 14.1. The summed E-state index contributed by atoms with van der Waals surface area (Å²) in [5.41, 5.74) is 4.01. The molecule has 0 aliphatic heterocycles. The maximum absolute atomic E-state index is 9.04. The van der Waals surface area contributed by atoms with E-state index in [9.17, 15) is 0 Å². The lowest BCUT2D eigenvalue weighted by Crippen LogP contribution is -1.97. The van der Waals surface area contributed by atoms with E-state index in [1.807, 2.05) is 72.8 Å². The predicted octanol–water partition coefficient (Wildman–Crippen LogP) is 5.01. The smallest absolute Gasteiger partial charge is 0.127 e. The van der Waals surface area contributed by atoms with E-state index in [0.29, 0.717) is 13.0 Å². The summed E-state index contributed by atoms with van der Waals surface area (Å²) in [7, 11) is 1.62. The summed E-state index contributed by atoms with van der Waals surface area (Å²) < 4.78 is 11.4. The summed E-state index contributed by atoms with van der Waals surface area (Å²) in [4.78, 5) is 0. The molecule has 3 nitrogen and oxygen atoms in total. The standard InChI is InChI=1S/C22H19NO2/c1-24-21-12-11-18(15-19(21)13-14-23)20-9-5-6-10-22(20)25-16-17-7-3-2-4-8-17/h2-12,15H,13,16H2,1H3. The van der Waals surface area contributed by atoms with Gasteiger partial charge in [0.1, 0.15) is 18.1 Å². The summed E-state index contributed by atoms with van der Waals surface area (Å²) in [5.74, 6) is 1.55. The van der Waals surface area contributed by atoms with Crippen LogP contribution in [0.2, 0.25) is 0 Å². The minimum Gasteiger partial charge on any atom is -0.496 e. The largest absolute Gasteiger partial charge is 0.496 e. The van der Waals surface area contributed by atoms with Crippen molar-refractivity contribution in [3.8, 4) is 28.7 Å². The van der Waals surface area contributed by atoms with Crippen molar-refractivity contribution >= 4 is 0 Å². The highest BCUT2D eigenvalue weighted by atomic mass is 16.5. The van der Waals surface area contributed by atoms with Gasteiger partial charge in [-0.15, -0.1) is 0 Å². The van der Waals surface area contributed by atoms with Crippen LogP contribution in [0.5, 0.6) is 11.5 Å². The van der Waals surface area contributed by atoms with Crippen molar-refractivity contribution in [2.75, 3.05) is 7.11 Å². The maximum Gasteiger partial charge on any atom is 0.127 e. The number of ether oxygens (including phenoxy) is 2. The van der Waals surface area contributed by atoms with Gasteiger partial charge in [0.05, 0.1) is 19.6 Å². The number of methoxy groups -OCH3 is 1. The minimum absolute atomic E-state index is 0.310. The molecular weight excluding hydrogens is 310 g/mol. The second-order valence-electron chi connectivity index (χ2n) is 5.63. The van der Waals surface area contributed by atoms with E-state index in [1.54, 1.807) is 7.11 Å². The predicted molar refractivity (Wildman–Crippen MR) is 98.5 cm³/mol. The molecule has 0 bridgehead atoms. The van der Waals surface area contributed by atoms with Gasteiger partial charge in [-0.3, -0.25) is 0 Å². The van der Waals surface area contributed by atoms with E-state index in [4.69, 9.17) is 14.7 Å². The quantitative estimate of drug-likeness (QED) is 0.638. The molecule has 0 amide bonds. The Bertz CT molecular complexity index is 882. The summed E-state index contributed by atoms with van der Waals surface area (Å²) in [6, 6.07) is 26.1. The van der Waals surface area contributed by atoms with Crippen LogP contribution in [-0.4, -0.2) is 7.11 Å². The molecule has 3 heteroatoms. The summed E-state index contributed by atoms with van der Waals surface area (Å²) in [5, 5.41) is 9.04. The van der Waals surface area contributed by atoms with Crippen molar-refractivity contribution in [3.05, 3.63) is 83.9 Å². The van der Waals surface area contributed by atoms with Crippen LogP contribution in [0.1, 0.15) is 11.1 Å². The first kappa shape index (κ1) is 16.6. The lowest BCUT2D eigenvalue weighted by atomic mass is 10.0. The van der Waals surface area contributed by atoms with Crippen LogP contribution in [-0.2, 0) is 13.0 Å². The molecule has 0 unspecified atom stereocenters. The topological polar surface area (TPSA) is 42.2 Å². The summed E-state index contributed by atoms with van der Waals surface area (Å²) >= 11 is 0. The first-order chi connectivity index (χ1) is 12.3. The fourth-order valence-corrected chi connectivity index (χ4v) is 2.74. The van der Waals surface area contributed by atoms with Crippen LogP contribution in [0.15, 0.2) is 72.8 Å². The highest BCUT2D eigenvalue weighted by Gasteiger charge is 2.10. The number of nitrogens with zero attached hydrogens (tertiary/aromatic N) is 1. The number of rotatable bonds is 6. The zero-order chi connectivity index (χ0) is 17.5. The van der Waals surface area contributed by atoms with Crippen molar-refractivity contribution in [2.45, 2.75) is 13.0 Å². The summed E-state index contributed by atoms with van der Waals surface area (Å²) in [6.45, 7) is 0.513. The van der Waals surface area contributed by atoms with Crippen molar-refractivity contribution < 1.29 is 9.47 Å². The average molecular weight is 329 g/mol. The molecule has 0 saturated heterocycles. The van der Waals surface area contributed by atoms with Gasteiger partial charge >= 0.3 is 0 Å². The molecule has 0 radical (unpaired) electrons. The monoisotopic (exact) mass is 329 g/mol. The fraction of sp³-hybridized carbons (Fsp3) is 0.136. The molecule has 0 aliphatic carbocycles. The first-order valence-corrected chi connectivity index (χ1v) is 8.12. The highest BCUT2D eigenvalue weighted by molar-refractivity contribution is 5.72. The van der Waals surface area contributed by atoms with Crippen LogP contribution < -0.4 is 9.47 Å². The molecule has 0 spiro atoms. The number of nitriles is 1. The van der Waals surface area contributed by atoms with Gasteiger partial charge in [0.25, 0.3) is 0 Å². The van der Waals surface area contributed by atoms with Gasteiger partial charge in [-0.25, -0.2) is 0 Å². The lowest BCUT2D eigenvalue weighted by Gasteiger charge is -2.13. The van der Waals surface area contributed by atoms with Gasteiger partial charge in [0, 0.05) is 11.1 Å². The molecule has 3 aromatic rings. The number of benzene rings is 3. The maximum atomic E-state index is 9.04. The Hall–Kier alpha value is -3.25. The Labute approximate surface area is 148 Å². The molecule has 3 rings (SSSR count). The molecule has 0 aromatic heterocycles. The second kappa shape index (κ2) is 8.03. The van der Waals surface area contributed by atoms with Gasteiger partial charge in [-0.2, -0.15) is 5.26 Å². The first-order valence-electron chi connectivity index (χ1n) is 8.12. The van der Waals surface area contributed by atoms with E-state index in [2.05, 4.69) is 6.07 Å². The van der Waals surface area contributed by atoms with Gasteiger partial charge < -0.3 is 9.47 Å². The molecule has 3 aromatic carbocycles. The van der Waals surface area contributed by atoms with Gasteiger partial charge in [-0.1, -0.05) is 54.6 Å². The number of hydrogen-bond donors (Lipinski definition) is 0. The van der Waals surface area contributed by atoms with E-state index in [0.717, 1.165) is 33.8 Å². The Morgan fingerprint density at radius 3 is 2.40 bits per heavy atom. The molecule has 124 valence electrons. The van der Waals surface area contributed by atoms with Gasteiger partial charge in [-0.05, 0) is 29.3 Å².